The van der Waals surface area contributed by atoms with Gasteiger partial charge in [0.2, 0.25) is 5.95 Å². The van der Waals surface area contributed by atoms with Crippen molar-refractivity contribution in [2.75, 3.05) is 11.9 Å². The maximum Gasteiger partial charge on any atom is 0.203 e. The van der Waals surface area contributed by atoms with E-state index in [1.807, 2.05) is 13.0 Å². The van der Waals surface area contributed by atoms with Crippen molar-refractivity contribution in [3.8, 4) is 0 Å². The zero-order valence-corrected chi connectivity index (χ0v) is 10.8. The first-order valence-electron chi connectivity index (χ1n) is 6.00. The molecule has 0 amide bonds. The zero-order chi connectivity index (χ0) is 12.1. The molecule has 2 unspecified atom stereocenters. The van der Waals surface area contributed by atoms with Gasteiger partial charge in [-0.05, 0) is 19.8 Å². The Morgan fingerprint density at radius 2 is 2.25 bits per heavy atom. The first-order chi connectivity index (χ1) is 7.60. The van der Waals surface area contributed by atoms with E-state index in [1.165, 1.54) is 6.42 Å². The fraction of sp³-hybridized carbons (Fsp3) is 0.615. The van der Waals surface area contributed by atoms with Crippen molar-refractivity contribution in [2.24, 2.45) is 5.92 Å². The summed E-state index contributed by atoms with van der Waals surface area (Å²) >= 11 is 0. The number of hydrogen-bond acceptors (Lipinski definition) is 2. The Labute approximate surface area is 98.6 Å². The Hall–Kier alpha value is -1.25. The van der Waals surface area contributed by atoms with Crippen molar-refractivity contribution >= 4 is 5.95 Å². The van der Waals surface area contributed by atoms with Gasteiger partial charge in [0.15, 0.2) is 0 Å². The van der Waals surface area contributed by atoms with E-state index in [9.17, 15) is 0 Å². The van der Waals surface area contributed by atoms with Crippen LogP contribution in [0.5, 0.6) is 0 Å². The summed E-state index contributed by atoms with van der Waals surface area (Å²) < 4.78 is 2.23. The second kappa shape index (κ2) is 5.73. The summed E-state index contributed by atoms with van der Waals surface area (Å²) in [6, 6.07) is 0.471. The van der Waals surface area contributed by atoms with Gasteiger partial charge in [-0.15, -0.1) is 6.58 Å². The van der Waals surface area contributed by atoms with Gasteiger partial charge in [0.05, 0.1) is 5.69 Å². The van der Waals surface area contributed by atoms with Gasteiger partial charge >= 0.3 is 0 Å². The van der Waals surface area contributed by atoms with Crippen LogP contribution in [0.3, 0.4) is 0 Å². The van der Waals surface area contributed by atoms with Crippen LogP contribution >= 0.6 is 0 Å². The maximum atomic E-state index is 4.49. The summed E-state index contributed by atoms with van der Waals surface area (Å²) in [5.74, 6) is 1.60. The highest BCUT2D eigenvalue weighted by Gasteiger charge is 2.16. The third kappa shape index (κ3) is 2.87. The summed E-state index contributed by atoms with van der Waals surface area (Å²) in [7, 11) is 0. The quantitative estimate of drug-likeness (QED) is 0.746. The van der Waals surface area contributed by atoms with E-state index in [0.717, 1.165) is 18.2 Å². The number of nitrogens with one attached hydrogen (secondary N) is 1. The first-order valence-corrected chi connectivity index (χ1v) is 6.00. The number of nitrogens with zero attached hydrogens (tertiary/aromatic N) is 2. The third-order valence-electron chi connectivity index (χ3n) is 3.16. The highest BCUT2D eigenvalue weighted by molar-refractivity contribution is 5.30. The molecule has 16 heavy (non-hydrogen) atoms. The molecule has 0 radical (unpaired) electrons. The molecular formula is C13H23N3. The van der Waals surface area contributed by atoms with Crippen LogP contribution in [-0.4, -0.2) is 16.1 Å². The minimum atomic E-state index is 0.471. The van der Waals surface area contributed by atoms with E-state index in [1.54, 1.807) is 0 Å². The van der Waals surface area contributed by atoms with Crippen LogP contribution in [0.15, 0.2) is 18.9 Å². The molecule has 1 heterocycles. The van der Waals surface area contributed by atoms with Gasteiger partial charge in [0, 0.05) is 18.8 Å². The minimum Gasteiger partial charge on any atom is -0.352 e. The molecule has 0 bridgehead atoms. The zero-order valence-electron chi connectivity index (χ0n) is 10.8. The molecule has 0 aliphatic rings. The van der Waals surface area contributed by atoms with Crippen LogP contribution in [0.1, 0.15) is 38.9 Å². The summed E-state index contributed by atoms with van der Waals surface area (Å²) in [5.41, 5.74) is 1.06. The molecule has 3 nitrogen and oxygen atoms in total. The van der Waals surface area contributed by atoms with E-state index in [-0.39, 0.29) is 0 Å². The lowest BCUT2D eigenvalue weighted by molar-refractivity contribution is 0.373. The summed E-state index contributed by atoms with van der Waals surface area (Å²) in [5, 5.41) is 3.28. The normalized spacial score (nSPS) is 14.5. The largest absolute Gasteiger partial charge is 0.352 e. The van der Waals surface area contributed by atoms with E-state index >= 15 is 0 Å². The highest BCUT2D eigenvalue weighted by atomic mass is 15.2. The van der Waals surface area contributed by atoms with Crippen molar-refractivity contribution in [1.82, 2.24) is 9.55 Å². The van der Waals surface area contributed by atoms with Crippen LogP contribution in [0.25, 0.3) is 0 Å². The predicted molar refractivity (Wildman–Crippen MR) is 69.8 cm³/mol. The molecule has 0 saturated heterocycles. The molecule has 0 aliphatic carbocycles. The average molecular weight is 221 g/mol. The second-order valence-electron chi connectivity index (χ2n) is 4.41. The molecule has 0 spiro atoms. The molecular weight excluding hydrogens is 198 g/mol. The maximum absolute atomic E-state index is 4.49. The molecule has 1 N–H and O–H groups in total. The van der Waals surface area contributed by atoms with E-state index in [2.05, 4.69) is 48.4 Å². The van der Waals surface area contributed by atoms with Crippen molar-refractivity contribution in [2.45, 2.75) is 40.2 Å². The average Bonchev–Trinajstić information content (AvgIpc) is 2.65. The van der Waals surface area contributed by atoms with E-state index in [0.29, 0.717) is 12.0 Å². The number of imidazole rings is 1. The molecule has 2 atom stereocenters. The first kappa shape index (κ1) is 12.8. The smallest absolute Gasteiger partial charge is 0.203 e. The van der Waals surface area contributed by atoms with Crippen molar-refractivity contribution in [3.63, 3.8) is 0 Å². The van der Waals surface area contributed by atoms with Gasteiger partial charge in [-0.2, -0.15) is 0 Å². The Bertz CT molecular complexity index is 341. The second-order valence-corrected chi connectivity index (χ2v) is 4.41. The van der Waals surface area contributed by atoms with Gasteiger partial charge in [-0.3, -0.25) is 0 Å². The van der Waals surface area contributed by atoms with E-state index in [4.69, 9.17) is 0 Å². The summed E-state index contributed by atoms with van der Waals surface area (Å²) in [6.45, 7) is 13.2. The number of aryl methyl sites for hydroxylation is 1. The van der Waals surface area contributed by atoms with Crippen LogP contribution in [0, 0.1) is 12.8 Å². The van der Waals surface area contributed by atoms with Crippen LogP contribution in [0.4, 0.5) is 5.95 Å². The van der Waals surface area contributed by atoms with Gasteiger partial charge in [0.25, 0.3) is 0 Å². The number of rotatable bonds is 6. The Morgan fingerprint density at radius 1 is 1.56 bits per heavy atom. The molecule has 0 saturated carbocycles. The van der Waals surface area contributed by atoms with Crippen molar-refractivity contribution < 1.29 is 0 Å². The van der Waals surface area contributed by atoms with Gasteiger partial charge in [-0.25, -0.2) is 4.98 Å². The number of hydrogen-bond donors (Lipinski definition) is 1. The monoisotopic (exact) mass is 221 g/mol. The fourth-order valence-electron chi connectivity index (χ4n) is 1.74. The number of aromatic nitrogens is 2. The van der Waals surface area contributed by atoms with Crippen LogP contribution < -0.4 is 5.32 Å². The molecule has 0 fully saturated rings. The minimum absolute atomic E-state index is 0.471. The predicted octanol–water partition coefficient (Wildman–Crippen LogP) is 3.40. The van der Waals surface area contributed by atoms with Gasteiger partial charge in [-0.1, -0.05) is 26.3 Å². The van der Waals surface area contributed by atoms with Crippen LogP contribution in [0.2, 0.25) is 0 Å². The lowest BCUT2D eigenvalue weighted by atomic mass is 10.0. The SMILES string of the molecule is C=CCNc1nc(C)cn1C(C)C(C)CC. The number of anilines is 1. The molecule has 1 aromatic rings. The topological polar surface area (TPSA) is 29.9 Å². The Kier molecular flexibility index (Phi) is 4.59. The van der Waals surface area contributed by atoms with Crippen molar-refractivity contribution in [3.05, 3.63) is 24.5 Å². The fourth-order valence-corrected chi connectivity index (χ4v) is 1.74. The molecule has 1 rings (SSSR count). The van der Waals surface area contributed by atoms with Crippen molar-refractivity contribution in [1.29, 1.82) is 0 Å². The summed E-state index contributed by atoms with van der Waals surface area (Å²) in [6.07, 6.45) is 5.14. The molecule has 0 aliphatic heterocycles. The van der Waals surface area contributed by atoms with E-state index < -0.39 is 0 Å². The Balaban J connectivity index is 2.88. The van der Waals surface area contributed by atoms with Gasteiger partial charge < -0.3 is 9.88 Å². The Morgan fingerprint density at radius 3 is 2.81 bits per heavy atom. The lowest BCUT2D eigenvalue weighted by Crippen LogP contribution is -2.16. The molecule has 3 heteroatoms. The standard InChI is InChI=1S/C13H23N3/c1-6-8-14-13-15-11(4)9-16(13)12(5)10(3)7-2/h6,9-10,12H,1,7-8H2,2-5H3,(H,14,15). The summed E-state index contributed by atoms with van der Waals surface area (Å²) in [4.78, 5) is 4.49. The molecule has 0 aromatic carbocycles. The molecule has 90 valence electrons. The molecule has 1 aromatic heterocycles. The lowest BCUT2D eigenvalue weighted by Gasteiger charge is -2.22. The third-order valence-corrected chi connectivity index (χ3v) is 3.16. The van der Waals surface area contributed by atoms with Crippen LogP contribution in [-0.2, 0) is 0 Å². The highest BCUT2D eigenvalue weighted by Crippen LogP contribution is 2.24. The van der Waals surface area contributed by atoms with Gasteiger partial charge in [0.1, 0.15) is 0 Å².